The van der Waals surface area contributed by atoms with E-state index in [0.717, 1.165) is 0 Å². The quantitative estimate of drug-likeness (QED) is 0.655. The molecule has 0 spiro atoms. The lowest BCUT2D eigenvalue weighted by molar-refractivity contribution is -0.137. The fourth-order valence-corrected chi connectivity index (χ4v) is 1.41. The maximum Gasteiger partial charge on any atom is 0.416 e. The Morgan fingerprint density at radius 2 is 1.82 bits per heavy atom. The van der Waals surface area contributed by atoms with Gasteiger partial charge < -0.3 is 10.2 Å². The fourth-order valence-electron chi connectivity index (χ4n) is 1.24. The van der Waals surface area contributed by atoms with E-state index in [1.807, 2.05) is 0 Å². The highest BCUT2D eigenvalue weighted by Gasteiger charge is 2.32. The summed E-state index contributed by atoms with van der Waals surface area (Å²) in [5.74, 6) is -1.45. The molecule has 0 aliphatic carbocycles. The minimum Gasteiger partial charge on any atom is -0.389 e. The Morgan fingerprint density at radius 3 is 2.29 bits per heavy atom. The van der Waals surface area contributed by atoms with Gasteiger partial charge in [-0.2, -0.15) is 13.2 Å². The number of rotatable bonds is 3. The number of benzene rings is 1. The predicted octanol–water partition coefficient (Wildman–Crippen LogP) is 2.48. The first kappa shape index (κ1) is 14.2. The van der Waals surface area contributed by atoms with Crippen molar-refractivity contribution in [3.05, 3.63) is 35.1 Å². The Kier molecular flexibility index (Phi) is 4.35. The molecule has 2 N–H and O–H groups in total. The summed E-state index contributed by atoms with van der Waals surface area (Å²) in [7, 11) is 0. The molecular weight excluding hydrogens is 264 g/mol. The zero-order valence-corrected chi connectivity index (χ0v) is 9.13. The van der Waals surface area contributed by atoms with Gasteiger partial charge >= 0.3 is 6.18 Å². The number of alkyl halides is 4. The van der Waals surface area contributed by atoms with Crippen LogP contribution in [0.25, 0.3) is 0 Å². The summed E-state index contributed by atoms with van der Waals surface area (Å²) in [6, 6.07) is 1.59. The Balaban J connectivity index is 3.15. The van der Waals surface area contributed by atoms with E-state index in [1.165, 1.54) is 0 Å². The second-order valence-corrected chi connectivity index (χ2v) is 3.71. The van der Waals surface area contributed by atoms with Crippen molar-refractivity contribution in [2.24, 2.45) is 0 Å². The standard InChI is InChI=1S/C10H9ClF4O2/c11-4-8(16)9(17)6-3-5(10(13,14)15)1-2-7(6)12/h1-3,8-9,16-17H,4H2. The van der Waals surface area contributed by atoms with E-state index in [0.29, 0.717) is 18.2 Å². The monoisotopic (exact) mass is 272 g/mol. The normalized spacial score (nSPS) is 15.7. The third-order valence-electron chi connectivity index (χ3n) is 2.16. The van der Waals surface area contributed by atoms with Crippen LogP contribution >= 0.6 is 11.6 Å². The summed E-state index contributed by atoms with van der Waals surface area (Å²) < 4.78 is 50.3. The van der Waals surface area contributed by atoms with Crippen LogP contribution in [0.15, 0.2) is 18.2 Å². The minimum absolute atomic E-state index is 0.420. The summed E-state index contributed by atoms with van der Waals surface area (Å²) in [6.45, 7) is 0. The molecule has 96 valence electrons. The molecule has 1 rings (SSSR count). The second-order valence-electron chi connectivity index (χ2n) is 3.40. The van der Waals surface area contributed by atoms with Crippen molar-refractivity contribution in [3.8, 4) is 0 Å². The number of aliphatic hydroxyl groups is 2. The van der Waals surface area contributed by atoms with Crippen LogP contribution in [-0.2, 0) is 6.18 Å². The van der Waals surface area contributed by atoms with Crippen molar-refractivity contribution in [1.82, 2.24) is 0 Å². The first-order chi connectivity index (χ1) is 7.77. The lowest BCUT2D eigenvalue weighted by atomic mass is 10.0. The van der Waals surface area contributed by atoms with Gasteiger partial charge in [0.25, 0.3) is 0 Å². The second kappa shape index (κ2) is 5.20. The van der Waals surface area contributed by atoms with Gasteiger partial charge in [-0.3, -0.25) is 0 Å². The highest BCUT2D eigenvalue weighted by molar-refractivity contribution is 6.18. The van der Waals surface area contributed by atoms with Gasteiger partial charge in [-0.25, -0.2) is 4.39 Å². The van der Waals surface area contributed by atoms with Crippen molar-refractivity contribution >= 4 is 11.6 Å². The van der Waals surface area contributed by atoms with Crippen LogP contribution in [0, 0.1) is 5.82 Å². The summed E-state index contributed by atoms with van der Waals surface area (Å²) in [6.07, 6.45) is -7.97. The molecule has 0 saturated heterocycles. The fraction of sp³-hybridized carbons (Fsp3) is 0.400. The Labute approximate surface area is 99.4 Å². The molecule has 17 heavy (non-hydrogen) atoms. The average molecular weight is 273 g/mol. The lowest BCUT2D eigenvalue weighted by Gasteiger charge is -2.18. The van der Waals surface area contributed by atoms with Gasteiger partial charge in [-0.15, -0.1) is 11.6 Å². The molecule has 0 amide bonds. The van der Waals surface area contributed by atoms with Crippen LogP contribution < -0.4 is 0 Å². The van der Waals surface area contributed by atoms with Crippen LogP contribution in [0.5, 0.6) is 0 Å². The summed E-state index contributed by atoms with van der Waals surface area (Å²) in [5, 5.41) is 18.6. The van der Waals surface area contributed by atoms with E-state index in [1.54, 1.807) is 0 Å². The van der Waals surface area contributed by atoms with Gasteiger partial charge in [0.1, 0.15) is 11.9 Å². The average Bonchev–Trinajstić information content (AvgIpc) is 2.26. The molecule has 0 saturated carbocycles. The molecule has 1 aromatic carbocycles. The van der Waals surface area contributed by atoms with Gasteiger partial charge in [-0.1, -0.05) is 0 Å². The molecule has 1 aromatic rings. The molecule has 0 aliphatic rings. The van der Waals surface area contributed by atoms with Crippen molar-refractivity contribution in [1.29, 1.82) is 0 Å². The predicted molar refractivity (Wildman–Crippen MR) is 53.1 cm³/mol. The summed E-state index contributed by atoms with van der Waals surface area (Å²) in [5.41, 5.74) is -1.73. The van der Waals surface area contributed by atoms with Crippen LogP contribution in [-0.4, -0.2) is 22.2 Å². The topological polar surface area (TPSA) is 40.5 Å². The zero-order chi connectivity index (χ0) is 13.2. The summed E-state index contributed by atoms with van der Waals surface area (Å²) >= 11 is 5.22. The first-order valence-electron chi connectivity index (χ1n) is 4.56. The van der Waals surface area contributed by atoms with Crippen molar-refractivity contribution in [2.45, 2.75) is 18.4 Å². The van der Waals surface area contributed by atoms with E-state index in [4.69, 9.17) is 16.7 Å². The Morgan fingerprint density at radius 1 is 1.24 bits per heavy atom. The molecular formula is C10H9ClF4O2. The largest absolute Gasteiger partial charge is 0.416 e. The molecule has 0 radical (unpaired) electrons. The van der Waals surface area contributed by atoms with E-state index < -0.39 is 41.2 Å². The van der Waals surface area contributed by atoms with Gasteiger partial charge in [0, 0.05) is 5.56 Å². The van der Waals surface area contributed by atoms with Crippen LogP contribution in [0.2, 0.25) is 0 Å². The highest BCUT2D eigenvalue weighted by atomic mass is 35.5. The SMILES string of the molecule is OC(CCl)C(O)c1cc(C(F)(F)F)ccc1F. The van der Waals surface area contributed by atoms with Crippen LogP contribution in [0.3, 0.4) is 0 Å². The minimum atomic E-state index is -4.64. The number of hydrogen-bond acceptors (Lipinski definition) is 2. The number of halogens is 5. The van der Waals surface area contributed by atoms with E-state index in [2.05, 4.69) is 0 Å². The van der Waals surface area contributed by atoms with Gasteiger partial charge in [0.2, 0.25) is 0 Å². The van der Waals surface area contributed by atoms with Crippen molar-refractivity contribution in [2.75, 3.05) is 5.88 Å². The van der Waals surface area contributed by atoms with E-state index >= 15 is 0 Å². The van der Waals surface area contributed by atoms with Gasteiger partial charge in [0.05, 0.1) is 17.5 Å². The molecule has 2 atom stereocenters. The summed E-state index contributed by atoms with van der Waals surface area (Å²) in [4.78, 5) is 0. The van der Waals surface area contributed by atoms with Crippen LogP contribution in [0.1, 0.15) is 17.2 Å². The molecule has 0 heterocycles. The van der Waals surface area contributed by atoms with Crippen LogP contribution in [0.4, 0.5) is 17.6 Å². The molecule has 0 aromatic heterocycles. The lowest BCUT2D eigenvalue weighted by Crippen LogP contribution is -2.21. The third kappa shape index (κ3) is 3.31. The third-order valence-corrected chi connectivity index (χ3v) is 2.48. The molecule has 2 unspecified atom stereocenters. The zero-order valence-electron chi connectivity index (χ0n) is 8.38. The van der Waals surface area contributed by atoms with Crippen molar-refractivity contribution in [3.63, 3.8) is 0 Å². The Bertz CT molecular complexity index is 394. The maximum absolute atomic E-state index is 13.2. The molecule has 0 bridgehead atoms. The molecule has 0 fully saturated rings. The first-order valence-corrected chi connectivity index (χ1v) is 5.09. The van der Waals surface area contributed by atoms with E-state index in [9.17, 15) is 22.7 Å². The molecule has 7 heteroatoms. The highest BCUT2D eigenvalue weighted by Crippen LogP contribution is 2.32. The number of aliphatic hydroxyl groups excluding tert-OH is 2. The van der Waals surface area contributed by atoms with Gasteiger partial charge in [0.15, 0.2) is 0 Å². The van der Waals surface area contributed by atoms with Crippen molar-refractivity contribution < 1.29 is 27.8 Å². The molecule has 2 nitrogen and oxygen atoms in total. The van der Waals surface area contributed by atoms with Gasteiger partial charge in [-0.05, 0) is 18.2 Å². The van der Waals surface area contributed by atoms with E-state index in [-0.39, 0.29) is 0 Å². The smallest absolute Gasteiger partial charge is 0.389 e. The molecule has 0 aliphatic heterocycles. The number of hydrogen-bond donors (Lipinski definition) is 2. The maximum atomic E-state index is 13.2. The Hall–Kier alpha value is -0.850.